The van der Waals surface area contributed by atoms with Crippen LogP contribution in [0.25, 0.3) is 44.9 Å². The molecular weight excluding hydrogens is 496 g/mol. The van der Waals surface area contributed by atoms with E-state index in [-0.39, 0.29) is 46.4 Å². The van der Waals surface area contributed by atoms with Crippen LogP contribution in [0.1, 0.15) is 12.5 Å². The van der Waals surface area contributed by atoms with Gasteiger partial charge in [-0.2, -0.15) is 18.2 Å². The average molecular weight is 512 g/mol. The number of phenolic OH excluding ortho intramolecular Hbond substituents is 1. The monoisotopic (exact) mass is 512 g/mol. The zero-order chi connectivity index (χ0) is 26.3. The van der Waals surface area contributed by atoms with Crippen molar-refractivity contribution in [3.63, 3.8) is 0 Å². The van der Waals surface area contributed by atoms with Crippen LogP contribution >= 0.6 is 0 Å². The van der Waals surface area contributed by atoms with Crippen LogP contribution in [0.15, 0.2) is 74.6 Å². The van der Waals surface area contributed by atoms with Gasteiger partial charge in [-0.1, -0.05) is 11.2 Å². The van der Waals surface area contributed by atoms with Gasteiger partial charge in [-0.25, -0.2) is 4.39 Å². The third-order valence-electron chi connectivity index (χ3n) is 5.53. The predicted octanol–water partition coefficient (Wildman–Crippen LogP) is 6.44. The number of alkyl halides is 3. The second-order valence-electron chi connectivity index (χ2n) is 7.92. The fraction of sp³-hybridized carbons (Fsp3) is 0.115. The van der Waals surface area contributed by atoms with Gasteiger partial charge < -0.3 is 18.8 Å². The van der Waals surface area contributed by atoms with E-state index < -0.39 is 17.6 Å². The number of hydrogen-bond acceptors (Lipinski definition) is 7. The highest BCUT2D eigenvalue weighted by Gasteiger charge is 2.32. The highest BCUT2D eigenvalue weighted by atomic mass is 19.4. The Morgan fingerprint density at radius 1 is 1.00 bits per heavy atom. The first-order chi connectivity index (χ1) is 17.7. The number of phenols is 1. The van der Waals surface area contributed by atoms with Crippen molar-refractivity contribution in [1.82, 2.24) is 10.1 Å². The maximum atomic E-state index is 13.8. The Kier molecular flexibility index (Phi) is 5.90. The molecule has 11 heteroatoms. The quantitative estimate of drug-likeness (QED) is 0.271. The van der Waals surface area contributed by atoms with E-state index >= 15 is 0 Å². The number of halogens is 4. The molecule has 0 unspecified atom stereocenters. The van der Waals surface area contributed by atoms with Crippen LogP contribution in [0.3, 0.4) is 0 Å². The van der Waals surface area contributed by atoms with Crippen LogP contribution in [-0.2, 0) is 6.18 Å². The summed E-state index contributed by atoms with van der Waals surface area (Å²) in [6.45, 7) is 1.90. The van der Waals surface area contributed by atoms with Crippen molar-refractivity contribution in [3.8, 4) is 45.5 Å². The number of aromatic hydroxyl groups is 1. The molecule has 5 aromatic rings. The van der Waals surface area contributed by atoms with Gasteiger partial charge in [-0.05, 0) is 55.0 Å². The maximum absolute atomic E-state index is 13.8. The summed E-state index contributed by atoms with van der Waals surface area (Å²) in [5.41, 5.74) is -0.221. The van der Waals surface area contributed by atoms with Gasteiger partial charge in [0, 0.05) is 17.2 Å². The van der Waals surface area contributed by atoms with Crippen LogP contribution in [0.5, 0.6) is 11.5 Å². The molecule has 1 N–H and O–H groups in total. The van der Waals surface area contributed by atoms with Gasteiger partial charge in [0.25, 0.3) is 5.89 Å². The normalized spacial score (nSPS) is 11.7. The summed E-state index contributed by atoms with van der Waals surface area (Å²) < 4.78 is 69.4. The molecule has 0 atom stereocenters. The van der Waals surface area contributed by atoms with E-state index in [1.54, 1.807) is 31.2 Å². The van der Waals surface area contributed by atoms with E-state index in [0.29, 0.717) is 34.2 Å². The molecule has 188 valence electrons. The topological polar surface area (TPSA) is 98.6 Å². The summed E-state index contributed by atoms with van der Waals surface area (Å²) >= 11 is 0. The Hall–Kier alpha value is -4.67. The number of rotatable bonds is 5. The van der Waals surface area contributed by atoms with Crippen molar-refractivity contribution in [2.75, 3.05) is 6.61 Å². The van der Waals surface area contributed by atoms with E-state index in [4.69, 9.17) is 13.7 Å². The van der Waals surface area contributed by atoms with Gasteiger partial charge in [-0.3, -0.25) is 4.79 Å². The summed E-state index contributed by atoms with van der Waals surface area (Å²) in [6, 6.07) is 11.2. The molecular formula is C26H16F4N2O5. The van der Waals surface area contributed by atoms with Crippen LogP contribution in [0, 0.1) is 5.82 Å². The molecule has 0 aliphatic rings. The number of benzene rings is 3. The Bertz CT molecular complexity index is 1690. The van der Waals surface area contributed by atoms with Crippen molar-refractivity contribution >= 4 is 11.0 Å². The molecule has 0 bridgehead atoms. The minimum Gasteiger partial charge on any atom is -0.504 e. The standard InChI is InChI=1S/C26H16F4N2O5/c1-2-35-23-17(13-3-4-18-20(33)7-8-36-21(18)11-13)5-6-19(22(23)34)25-31-24(32-37-25)14-9-15(26(28,29)30)12-16(27)10-14/h3-12,34H,2H2,1H3. The molecule has 0 aliphatic carbocycles. The summed E-state index contributed by atoms with van der Waals surface area (Å²) in [5, 5.41) is 15.0. The van der Waals surface area contributed by atoms with Gasteiger partial charge in [0.15, 0.2) is 16.9 Å². The lowest BCUT2D eigenvalue weighted by atomic mass is 10.00. The smallest absolute Gasteiger partial charge is 0.416 e. The number of ether oxygens (including phenoxy) is 1. The van der Waals surface area contributed by atoms with Crippen molar-refractivity contribution in [2.24, 2.45) is 0 Å². The molecule has 37 heavy (non-hydrogen) atoms. The Balaban J connectivity index is 1.58. The van der Waals surface area contributed by atoms with Gasteiger partial charge in [-0.15, -0.1) is 0 Å². The highest BCUT2D eigenvalue weighted by Crippen LogP contribution is 2.44. The van der Waals surface area contributed by atoms with Gasteiger partial charge >= 0.3 is 6.18 Å². The van der Waals surface area contributed by atoms with Crippen molar-refractivity contribution in [2.45, 2.75) is 13.1 Å². The van der Waals surface area contributed by atoms with Crippen LogP contribution in [-0.4, -0.2) is 21.9 Å². The van der Waals surface area contributed by atoms with E-state index in [0.717, 1.165) is 6.07 Å². The average Bonchev–Trinajstić information content (AvgIpc) is 3.34. The van der Waals surface area contributed by atoms with E-state index in [1.807, 2.05) is 0 Å². The molecule has 0 saturated carbocycles. The molecule has 0 fully saturated rings. The van der Waals surface area contributed by atoms with Crippen molar-refractivity contribution < 1.29 is 36.3 Å². The molecule has 0 amide bonds. The maximum Gasteiger partial charge on any atom is 0.416 e. The van der Waals surface area contributed by atoms with E-state index in [2.05, 4.69) is 10.1 Å². The molecule has 0 radical (unpaired) electrons. The number of fused-ring (bicyclic) bond motifs is 1. The first-order valence-corrected chi connectivity index (χ1v) is 10.9. The molecule has 0 spiro atoms. The summed E-state index contributed by atoms with van der Waals surface area (Å²) in [5.74, 6) is -1.93. The van der Waals surface area contributed by atoms with Gasteiger partial charge in [0.05, 0.1) is 29.4 Å². The molecule has 0 saturated heterocycles. The fourth-order valence-electron chi connectivity index (χ4n) is 3.84. The molecule has 3 aromatic carbocycles. The van der Waals surface area contributed by atoms with Crippen molar-refractivity contribution in [3.05, 3.63) is 82.5 Å². The van der Waals surface area contributed by atoms with Crippen LogP contribution in [0.2, 0.25) is 0 Å². The minimum absolute atomic E-state index is 0.0470. The second kappa shape index (κ2) is 9.08. The summed E-state index contributed by atoms with van der Waals surface area (Å²) in [7, 11) is 0. The lowest BCUT2D eigenvalue weighted by Gasteiger charge is -2.14. The molecule has 0 aliphatic heterocycles. The number of aromatic nitrogens is 2. The Morgan fingerprint density at radius 2 is 1.78 bits per heavy atom. The first-order valence-electron chi connectivity index (χ1n) is 10.9. The SMILES string of the molecule is CCOc1c(-c2ccc3c(=O)ccoc3c2)ccc(-c2nc(-c3cc(F)cc(C(F)(F)F)c3)no2)c1O. The van der Waals surface area contributed by atoms with E-state index in [9.17, 15) is 27.5 Å². The number of nitrogens with zero attached hydrogens (tertiary/aromatic N) is 2. The zero-order valence-electron chi connectivity index (χ0n) is 19.0. The molecule has 7 nitrogen and oxygen atoms in total. The fourth-order valence-corrected chi connectivity index (χ4v) is 3.84. The zero-order valence-corrected chi connectivity index (χ0v) is 19.0. The lowest BCUT2D eigenvalue weighted by Crippen LogP contribution is -2.05. The molecule has 5 rings (SSSR count). The summed E-state index contributed by atoms with van der Waals surface area (Å²) in [4.78, 5) is 16.1. The van der Waals surface area contributed by atoms with Crippen molar-refractivity contribution in [1.29, 1.82) is 0 Å². The minimum atomic E-state index is -4.77. The predicted molar refractivity (Wildman–Crippen MR) is 124 cm³/mol. The molecule has 2 heterocycles. The van der Waals surface area contributed by atoms with Crippen LogP contribution in [0.4, 0.5) is 17.6 Å². The van der Waals surface area contributed by atoms with E-state index in [1.165, 1.54) is 18.4 Å². The number of hydrogen-bond donors (Lipinski definition) is 1. The first kappa shape index (κ1) is 24.0. The van der Waals surface area contributed by atoms with Gasteiger partial charge in [0.2, 0.25) is 5.82 Å². The lowest BCUT2D eigenvalue weighted by molar-refractivity contribution is -0.137. The van der Waals surface area contributed by atoms with Crippen LogP contribution < -0.4 is 10.2 Å². The summed E-state index contributed by atoms with van der Waals surface area (Å²) in [6.07, 6.45) is -3.49. The Labute approximate surface area is 205 Å². The highest BCUT2D eigenvalue weighted by molar-refractivity contribution is 5.87. The largest absolute Gasteiger partial charge is 0.504 e. The second-order valence-corrected chi connectivity index (χ2v) is 7.92. The third kappa shape index (κ3) is 4.51. The Morgan fingerprint density at radius 3 is 2.54 bits per heavy atom. The molecule has 2 aromatic heterocycles. The van der Waals surface area contributed by atoms with Gasteiger partial charge in [0.1, 0.15) is 11.4 Å². The third-order valence-corrected chi connectivity index (χ3v) is 5.53.